The SMILES string of the molecule is CCN(CC)CCCNC(=O)[C@H]1CNCCO1.Cl.Cl. The van der Waals surface area contributed by atoms with Crippen LogP contribution in [0.1, 0.15) is 20.3 Å². The number of amides is 1. The van der Waals surface area contributed by atoms with Crippen LogP contribution in [-0.2, 0) is 9.53 Å². The van der Waals surface area contributed by atoms with Gasteiger partial charge in [-0.3, -0.25) is 4.79 Å². The Morgan fingerprint density at radius 2 is 2.05 bits per heavy atom. The largest absolute Gasteiger partial charge is 0.366 e. The van der Waals surface area contributed by atoms with Gasteiger partial charge in [-0.25, -0.2) is 0 Å². The summed E-state index contributed by atoms with van der Waals surface area (Å²) < 4.78 is 5.38. The molecule has 2 N–H and O–H groups in total. The Hall–Kier alpha value is -0.0700. The molecule has 0 saturated carbocycles. The van der Waals surface area contributed by atoms with E-state index in [1.807, 2.05) is 0 Å². The Balaban J connectivity index is 0. The molecule has 5 nitrogen and oxygen atoms in total. The van der Waals surface area contributed by atoms with E-state index in [-0.39, 0.29) is 36.8 Å². The van der Waals surface area contributed by atoms with Gasteiger partial charge in [-0.2, -0.15) is 0 Å². The minimum atomic E-state index is -0.308. The van der Waals surface area contributed by atoms with Gasteiger partial charge in [0.15, 0.2) is 0 Å². The molecule has 1 aliphatic rings. The van der Waals surface area contributed by atoms with Crippen molar-refractivity contribution in [3.8, 4) is 0 Å². The highest BCUT2D eigenvalue weighted by Gasteiger charge is 2.20. The summed E-state index contributed by atoms with van der Waals surface area (Å²) in [4.78, 5) is 14.0. The quantitative estimate of drug-likeness (QED) is 0.678. The van der Waals surface area contributed by atoms with Gasteiger partial charge in [0.2, 0.25) is 5.91 Å². The van der Waals surface area contributed by atoms with Crippen molar-refractivity contribution in [1.82, 2.24) is 15.5 Å². The van der Waals surface area contributed by atoms with Gasteiger partial charge in [0, 0.05) is 19.6 Å². The molecule has 1 amide bonds. The smallest absolute Gasteiger partial charge is 0.250 e. The number of hydrogen-bond acceptors (Lipinski definition) is 4. The number of nitrogens with zero attached hydrogens (tertiary/aromatic N) is 1. The molecular weight excluding hydrogens is 289 g/mol. The summed E-state index contributed by atoms with van der Waals surface area (Å²) in [6.07, 6.45) is 0.685. The first kappa shape index (κ1) is 21.2. The van der Waals surface area contributed by atoms with Gasteiger partial charge < -0.3 is 20.3 Å². The zero-order valence-corrected chi connectivity index (χ0v) is 13.4. The first-order valence-electron chi connectivity index (χ1n) is 6.60. The van der Waals surface area contributed by atoms with Crippen LogP contribution in [0.3, 0.4) is 0 Å². The molecule has 19 heavy (non-hydrogen) atoms. The molecule has 1 saturated heterocycles. The third-order valence-electron chi connectivity index (χ3n) is 3.06. The number of ether oxygens (including phenoxy) is 1. The van der Waals surface area contributed by atoms with Crippen molar-refractivity contribution in [2.45, 2.75) is 26.4 Å². The van der Waals surface area contributed by atoms with Crippen molar-refractivity contribution >= 4 is 30.7 Å². The molecule has 0 aromatic carbocycles. The second-order valence-corrected chi connectivity index (χ2v) is 4.24. The van der Waals surface area contributed by atoms with Crippen LogP contribution >= 0.6 is 24.8 Å². The number of rotatable bonds is 7. The lowest BCUT2D eigenvalue weighted by Crippen LogP contribution is -2.48. The van der Waals surface area contributed by atoms with E-state index in [2.05, 4.69) is 29.4 Å². The Labute approximate surface area is 128 Å². The van der Waals surface area contributed by atoms with E-state index < -0.39 is 0 Å². The highest BCUT2D eigenvalue weighted by molar-refractivity contribution is 5.85. The van der Waals surface area contributed by atoms with E-state index in [0.29, 0.717) is 13.2 Å². The number of hydrogen-bond donors (Lipinski definition) is 2. The number of nitrogens with one attached hydrogen (secondary N) is 2. The maximum absolute atomic E-state index is 11.7. The molecule has 1 rings (SSSR count). The summed E-state index contributed by atoms with van der Waals surface area (Å²) in [5, 5.41) is 6.07. The summed E-state index contributed by atoms with van der Waals surface area (Å²) in [5.41, 5.74) is 0. The van der Waals surface area contributed by atoms with E-state index in [4.69, 9.17) is 4.74 Å². The van der Waals surface area contributed by atoms with Crippen LogP contribution in [0.15, 0.2) is 0 Å². The molecule has 0 aliphatic carbocycles. The van der Waals surface area contributed by atoms with Crippen molar-refractivity contribution in [1.29, 1.82) is 0 Å². The molecule has 1 aliphatic heterocycles. The predicted octanol–water partition coefficient (Wildman–Crippen LogP) is 0.666. The van der Waals surface area contributed by atoms with Crippen LogP contribution in [0.5, 0.6) is 0 Å². The lowest BCUT2D eigenvalue weighted by atomic mass is 10.3. The normalized spacial score (nSPS) is 18.4. The third kappa shape index (κ3) is 8.65. The summed E-state index contributed by atoms with van der Waals surface area (Å²) in [7, 11) is 0. The standard InChI is InChI=1S/C12H25N3O2.2ClH/c1-3-15(4-2)8-5-6-14-12(16)11-10-13-7-9-17-11;;/h11,13H,3-10H2,1-2H3,(H,14,16);2*1H/t11-;;/m1../s1. The number of morpholine rings is 1. The predicted molar refractivity (Wildman–Crippen MR) is 82.5 cm³/mol. The molecular formula is C12H27Cl2N3O2. The number of carbonyl (C=O) groups is 1. The van der Waals surface area contributed by atoms with Crippen molar-refractivity contribution in [2.75, 3.05) is 45.9 Å². The van der Waals surface area contributed by atoms with Gasteiger partial charge in [-0.1, -0.05) is 13.8 Å². The van der Waals surface area contributed by atoms with Crippen LogP contribution in [-0.4, -0.2) is 62.8 Å². The van der Waals surface area contributed by atoms with Crippen LogP contribution < -0.4 is 10.6 Å². The van der Waals surface area contributed by atoms with Gasteiger partial charge in [0.1, 0.15) is 6.10 Å². The third-order valence-corrected chi connectivity index (χ3v) is 3.06. The molecule has 1 heterocycles. The first-order chi connectivity index (χ1) is 8.27. The van der Waals surface area contributed by atoms with Gasteiger partial charge in [0.25, 0.3) is 0 Å². The summed E-state index contributed by atoms with van der Waals surface area (Å²) in [5.74, 6) is 0.0109. The molecule has 1 atom stereocenters. The molecule has 0 unspecified atom stereocenters. The highest BCUT2D eigenvalue weighted by Crippen LogP contribution is 1.96. The molecule has 0 radical (unpaired) electrons. The lowest BCUT2D eigenvalue weighted by Gasteiger charge is -2.23. The summed E-state index contributed by atoms with van der Waals surface area (Å²) >= 11 is 0. The van der Waals surface area contributed by atoms with Gasteiger partial charge in [0.05, 0.1) is 6.61 Å². The zero-order valence-electron chi connectivity index (χ0n) is 11.8. The number of carbonyl (C=O) groups excluding carboxylic acids is 1. The van der Waals surface area contributed by atoms with Crippen molar-refractivity contribution < 1.29 is 9.53 Å². The molecule has 116 valence electrons. The Kier molecular flexibility index (Phi) is 14.5. The maximum atomic E-state index is 11.7. The molecule has 0 aromatic rings. The number of halogens is 2. The average Bonchev–Trinajstić information content (AvgIpc) is 2.40. The lowest BCUT2D eigenvalue weighted by molar-refractivity contribution is -0.134. The van der Waals surface area contributed by atoms with Crippen molar-refractivity contribution in [3.63, 3.8) is 0 Å². The van der Waals surface area contributed by atoms with E-state index in [1.54, 1.807) is 0 Å². The van der Waals surface area contributed by atoms with Crippen LogP contribution in [0.25, 0.3) is 0 Å². The van der Waals surface area contributed by atoms with E-state index >= 15 is 0 Å². The molecule has 0 bridgehead atoms. The van der Waals surface area contributed by atoms with Gasteiger partial charge >= 0.3 is 0 Å². The molecule has 0 aromatic heterocycles. The van der Waals surface area contributed by atoms with Gasteiger partial charge in [-0.05, 0) is 26.1 Å². The Morgan fingerprint density at radius 3 is 2.58 bits per heavy atom. The van der Waals surface area contributed by atoms with Gasteiger partial charge in [-0.15, -0.1) is 24.8 Å². The fourth-order valence-electron chi connectivity index (χ4n) is 1.90. The molecule has 1 fully saturated rings. The molecule has 7 heteroatoms. The minimum absolute atomic E-state index is 0. The fourth-order valence-corrected chi connectivity index (χ4v) is 1.90. The summed E-state index contributed by atoms with van der Waals surface area (Å²) in [6.45, 7) is 10.3. The fraction of sp³-hybridized carbons (Fsp3) is 0.917. The van der Waals surface area contributed by atoms with Crippen molar-refractivity contribution in [2.24, 2.45) is 0 Å². The summed E-state index contributed by atoms with van der Waals surface area (Å²) in [6, 6.07) is 0. The highest BCUT2D eigenvalue weighted by atomic mass is 35.5. The second kappa shape index (κ2) is 12.9. The second-order valence-electron chi connectivity index (χ2n) is 4.24. The van der Waals surface area contributed by atoms with Crippen LogP contribution in [0.2, 0.25) is 0 Å². The maximum Gasteiger partial charge on any atom is 0.250 e. The Morgan fingerprint density at radius 1 is 1.37 bits per heavy atom. The van der Waals surface area contributed by atoms with Crippen LogP contribution in [0, 0.1) is 0 Å². The van der Waals surface area contributed by atoms with Crippen molar-refractivity contribution in [3.05, 3.63) is 0 Å². The topological polar surface area (TPSA) is 53.6 Å². The van der Waals surface area contributed by atoms with E-state index in [9.17, 15) is 4.79 Å². The molecule has 0 spiro atoms. The van der Waals surface area contributed by atoms with Crippen LogP contribution in [0.4, 0.5) is 0 Å². The average molecular weight is 316 g/mol. The zero-order chi connectivity index (χ0) is 12.5. The van der Waals surface area contributed by atoms with E-state index in [0.717, 1.165) is 39.1 Å². The Bertz CT molecular complexity index is 223. The monoisotopic (exact) mass is 315 g/mol. The first-order valence-corrected chi connectivity index (χ1v) is 6.60. The van der Waals surface area contributed by atoms with E-state index in [1.165, 1.54) is 0 Å². The minimum Gasteiger partial charge on any atom is -0.366 e.